The quantitative estimate of drug-likeness (QED) is 0.677. The zero-order valence-corrected chi connectivity index (χ0v) is 6.78. The van der Waals surface area contributed by atoms with Crippen LogP contribution >= 0.6 is 0 Å². The maximum absolute atomic E-state index is 10.6. The summed E-state index contributed by atoms with van der Waals surface area (Å²) in [5.41, 5.74) is 0.532. The molecule has 0 fully saturated rings. The average Bonchev–Trinajstić information content (AvgIpc) is 2.52. The van der Waals surface area contributed by atoms with E-state index >= 15 is 0 Å². The van der Waals surface area contributed by atoms with E-state index in [1.807, 2.05) is 0 Å². The molecule has 0 bridgehead atoms. The van der Waals surface area contributed by atoms with E-state index in [4.69, 9.17) is 9.84 Å². The summed E-state index contributed by atoms with van der Waals surface area (Å²) in [7, 11) is 0. The molecule has 0 spiro atoms. The lowest BCUT2D eigenvalue weighted by Gasteiger charge is -2.03. The monoisotopic (exact) mass is 180 g/mol. The summed E-state index contributed by atoms with van der Waals surface area (Å²) in [6, 6.07) is 2.92. The summed E-state index contributed by atoms with van der Waals surface area (Å²) < 4.78 is 5.16. The number of hydrogen-bond donors (Lipinski definition) is 2. The van der Waals surface area contributed by atoms with Gasteiger partial charge in [-0.3, -0.25) is 0 Å². The molecule has 2 rings (SSSR count). The highest BCUT2D eigenvalue weighted by Crippen LogP contribution is 2.35. The number of fused-ring (bicyclic) bond motifs is 1. The zero-order chi connectivity index (χ0) is 9.42. The average molecular weight is 180 g/mol. The van der Waals surface area contributed by atoms with Crippen molar-refractivity contribution in [1.82, 2.24) is 0 Å². The fraction of sp³-hybridized carbons (Fsp3) is 0.222. The van der Waals surface area contributed by atoms with Crippen LogP contribution in [0, 0.1) is 0 Å². The third-order valence-corrected chi connectivity index (χ3v) is 2.08. The highest BCUT2D eigenvalue weighted by atomic mass is 16.5. The van der Waals surface area contributed by atoms with Crippen molar-refractivity contribution >= 4 is 5.97 Å². The van der Waals surface area contributed by atoms with Crippen LogP contribution in [0.15, 0.2) is 12.1 Å². The lowest BCUT2D eigenvalue weighted by atomic mass is 10.1. The van der Waals surface area contributed by atoms with Gasteiger partial charge in [0.25, 0.3) is 0 Å². The van der Waals surface area contributed by atoms with E-state index < -0.39 is 5.97 Å². The topological polar surface area (TPSA) is 66.8 Å². The molecule has 1 aliphatic rings. The summed E-state index contributed by atoms with van der Waals surface area (Å²) in [4.78, 5) is 10.6. The van der Waals surface area contributed by atoms with Gasteiger partial charge < -0.3 is 14.9 Å². The molecule has 1 aromatic carbocycles. The predicted octanol–water partition coefficient (Wildman–Crippen LogP) is 1.03. The van der Waals surface area contributed by atoms with E-state index in [2.05, 4.69) is 0 Å². The first-order valence-electron chi connectivity index (χ1n) is 3.91. The largest absolute Gasteiger partial charge is 0.507 e. The van der Waals surface area contributed by atoms with Crippen LogP contribution in [-0.4, -0.2) is 22.8 Å². The highest BCUT2D eigenvalue weighted by molar-refractivity contribution is 5.91. The van der Waals surface area contributed by atoms with Crippen molar-refractivity contribution in [3.8, 4) is 11.5 Å². The fourth-order valence-electron chi connectivity index (χ4n) is 1.43. The van der Waals surface area contributed by atoms with Crippen molar-refractivity contribution in [1.29, 1.82) is 0 Å². The molecular weight excluding hydrogens is 172 g/mol. The first-order chi connectivity index (χ1) is 6.20. The van der Waals surface area contributed by atoms with Gasteiger partial charge in [-0.1, -0.05) is 0 Å². The molecule has 2 N–H and O–H groups in total. The minimum atomic E-state index is -1.12. The first-order valence-corrected chi connectivity index (χ1v) is 3.91. The Morgan fingerprint density at radius 1 is 1.46 bits per heavy atom. The van der Waals surface area contributed by atoms with Gasteiger partial charge in [-0.25, -0.2) is 4.79 Å². The maximum Gasteiger partial charge on any atom is 0.339 e. The predicted molar refractivity (Wildman–Crippen MR) is 44.3 cm³/mol. The molecule has 0 saturated carbocycles. The van der Waals surface area contributed by atoms with Crippen molar-refractivity contribution in [3.05, 3.63) is 23.3 Å². The molecule has 0 atom stereocenters. The van der Waals surface area contributed by atoms with Crippen LogP contribution in [0.5, 0.6) is 11.5 Å². The molecule has 0 aliphatic carbocycles. The number of aromatic carboxylic acids is 1. The second kappa shape index (κ2) is 2.65. The lowest BCUT2D eigenvalue weighted by molar-refractivity contribution is 0.0693. The molecule has 4 heteroatoms. The van der Waals surface area contributed by atoms with Gasteiger partial charge in [-0.15, -0.1) is 0 Å². The van der Waals surface area contributed by atoms with Gasteiger partial charge >= 0.3 is 5.97 Å². The first kappa shape index (κ1) is 7.91. The van der Waals surface area contributed by atoms with Crippen molar-refractivity contribution in [2.45, 2.75) is 6.42 Å². The highest BCUT2D eigenvalue weighted by Gasteiger charge is 2.21. The number of ether oxygens (including phenoxy) is 1. The number of carboxylic acid groups (broad SMARTS) is 1. The van der Waals surface area contributed by atoms with E-state index in [1.54, 1.807) is 6.07 Å². The molecule has 4 nitrogen and oxygen atoms in total. The molecule has 13 heavy (non-hydrogen) atoms. The minimum Gasteiger partial charge on any atom is -0.507 e. The molecule has 0 unspecified atom stereocenters. The summed E-state index contributed by atoms with van der Waals surface area (Å²) in [6.07, 6.45) is 0.572. The van der Waals surface area contributed by atoms with Gasteiger partial charge in [0.1, 0.15) is 17.1 Å². The molecule has 0 aromatic heterocycles. The lowest BCUT2D eigenvalue weighted by Crippen LogP contribution is -1.97. The van der Waals surface area contributed by atoms with Gasteiger partial charge in [0.2, 0.25) is 0 Å². The molecule has 1 heterocycles. The third kappa shape index (κ3) is 1.11. The van der Waals surface area contributed by atoms with Crippen LogP contribution in [0.4, 0.5) is 0 Å². The maximum atomic E-state index is 10.6. The number of phenols is 1. The number of aromatic hydroxyl groups is 1. The van der Waals surface area contributed by atoms with Crippen LogP contribution in [0.2, 0.25) is 0 Å². The Hall–Kier alpha value is -1.71. The van der Waals surface area contributed by atoms with E-state index in [-0.39, 0.29) is 11.3 Å². The molecule has 0 saturated heterocycles. The normalized spacial score (nSPS) is 13.5. The Morgan fingerprint density at radius 3 is 2.92 bits per heavy atom. The smallest absolute Gasteiger partial charge is 0.339 e. The minimum absolute atomic E-state index is 0.0655. The van der Waals surface area contributed by atoms with Crippen LogP contribution in [0.1, 0.15) is 15.9 Å². The Bertz CT molecular complexity index is 370. The Labute approximate surface area is 74.4 Å². The Balaban J connectivity index is 2.59. The zero-order valence-electron chi connectivity index (χ0n) is 6.78. The fourth-order valence-corrected chi connectivity index (χ4v) is 1.43. The molecule has 68 valence electrons. The number of benzene rings is 1. The molecular formula is C9H8O4. The summed E-state index contributed by atoms with van der Waals surface area (Å²) in [6.45, 7) is 0.506. The molecule has 0 amide bonds. The number of carbonyl (C=O) groups is 1. The van der Waals surface area contributed by atoms with E-state index in [1.165, 1.54) is 6.07 Å². The van der Waals surface area contributed by atoms with Crippen LogP contribution < -0.4 is 4.74 Å². The van der Waals surface area contributed by atoms with E-state index in [0.29, 0.717) is 24.3 Å². The van der Waals surface area contributed by atoms with Crippen LogP contribution in [0.25, 0.3) is 0 Å². The summed E-state index contributed by atoms with van der Waals surface area (Å²) in [5, 5.41) is 18.2. The van der Waals surface area contributed by atoms with Gasteiger partial charge in [0.05, 0.1) is 6.61 Å². The van der Waals surface area contributed by atoms with Crippen molar-refractivity contribution in [3.63, 3.8) is 0 Å². The molecule has 1 aromatic rings. The van der Waals surface area contributed by atoms with Gasteiger partial charge in [0.15, 0.2) is 0 Å². The standard InChI is InChI=1S/C9H8O4/c10-8-5-3-4-13-7(5)2-1-6(8)9(11)12/h1-2,10H,3-4H2,(H,11,12). The second-order valence-electron chi connectivity index (χ2n) is 2.84. The van der Waals surface area contributed by atoms with E-state index in [0.717, 1.165) is 0 Å². The van der Waals surface area contributed by atoms with Crippen molar-refractivity contribution in [2.24, 2.45) is 0 Å². The van der Waals surface area contributed by atoms with Crippen molar-refractivity contribution < 1.29 is 19.7 Å². The molecule has 1 aliphatic heterocycles. The molecule has 0 radical (unpaired) electrons. The van der Waals surface area contributed by atoms with E-state index in [9.17, 15) is 9.90 Å². The van der Waals surface area contributed by atoms with Gasteiger partial charge in [-0.2, -0.15) is 0 Å². The van der Waals surface area contributed by atoms with Crippen LogP contribution in [-0.2, 0) is 6.42 Å². The number of rotatable bonds is 1. The van der Waals surface area contributed by atoms with Crippen LogP contribution in [0.3, 0.4) is 0 Å². The second-order valence-corrected chi connectivity index (χ2v) is 2.84. The summed E-state index contributed by atoms with van der Waals surface area (Å²) >= 11 is 0. The Morgan fingerprint density at radius 2 is 2.23 bits per heavy atom. The van der Waals surface area contributed by atoms with Crippen molar-refractivity contribution in [2.75, 3.05) is 6.61 Å². The van der Waals surface area contributed by atoms with Gasteiger partial charge in [0, 0.05) is 12.0 Å². The Kier molecular flexibility index (Phi) is 1.62. The number of carboxylic acids is 1. The third-order valence-electron chi connectivity index (χ3n) is 2.08. The van der Waals surface area contributed by atoms with Gasteiger partial charge in [-0.05, 0) is 12.1 Å². The number of hydrogen-bond acceptors (Lipinski definition) is 3. The summed E-state index contributed by atoms with van der Waals surface area (Å²) in [5.74, 6) is -0.697. The SMILES string of the molecule is O=C(O)c1ccc2c(c1O)CCO2.